The van der Waals surface area contributed by atoms with Gasteiger partial charge in [-0.1, -0.05) is 12.1 Å². The van der Waals surface area contributed by atoms with Crippen molar-refractivity contribution < 1.29 is 14.4 Å². The SMILES string of the molecule is O=[N+]([O-])c1ccccc1Nc1nc2nc3cc4c(cc3n2[nH]1)OCO4. The third-order valence-corrected chi connectivity index (χ3v) is 3.91. The maximum absolute atomic E-state index is 11.1. The van der Waals surface area contributed by atoms with E-state index in [4.69, 9.17) is 9.47 Å². The lowest BCUT2D eigenvalue weighted by Gasteiger charge is -2.03. The van der Waals surface area contributed by atoms with Crippen LogP contribution in [0.5, 0.6) is 11.5 Å². The van der Waals surface area contributed by atoms with E-state index < -0.39 is 4.92 Å². The summed E-state index contributed by atoms with van der Waals surface area (Å²) in [5, 5.41) is 17.1. The van der Waals surface area contributed by atoms with Crippen LogP contribution in [0, 0.1) is 10.1 Å². The van der Waals surface area contributed by atoms with Gasteiger partial charge in [-0.2, -0.15) is 4.98 Å². The van der Waals surface area contributed by atoms with Gasteiger partial charge in [0.25, 0.3) is 11.5 Å². The maximum atomic E-state index is 11.1. The minimum absolute atomic E-state index is 0.0373. The monoisotopic (exact) mass is 338 g/mol. The Morgan fingerprint density at radius 1 is 1.20 bits per heavy atom. The number of aromatic nitrogens is 4. The van der Waals surface area contributed by atoms with Crippen molar-refractivity contribution in [3.05, 3.63) is 46.5 Å². The Balaban J connectivity index is 1.58. The number of para-hydroxylation sites is 2. The molecule has 10 nitrogen and oxygen atoms in total. The van der Waals surface area contributed by atoms with Crippen molar-refractivity contribution in [2.75, 3.05) is 12.1 Å². The first-order valence-corrected chi connectivity index (χ1v) is 7.37. The standard InChI is InChI=1S/C15H10N6O4/c22-21(23)10-4-2-1-3-8(10)16-14-18-15-17-9-5-12-13(25-7-24-12)6-11(9)20(15)19-14/h1-6H,7H2,(H2,16,17,18,19). The molecule has 0 radical (unpaired) electrons. The van der Waals surface area contributed by atoms with E-state index >= 15 is 0 Å². The molecule has 0 amide bonds. The summed E-state index contributed by atoms with van der Waals surface area (Å²) in [5.74, 6) is 2.06. The number of H-pyrrole nitrogens is 1. The van der Waals surface area contributed by atoms with Crippen molar-refractivity contribution in [1.82, 2.24) is 19.6 Å². The van der Waals surface area contributed by atoms with Crippen molar-refractivity contribution in [3.63, 3.8) is 0 Å². The summed E-state index contributed by atoms with van der Waals surface area (Å²) in [6.07, 6.45) is 0. The van der Waals surface area contributed by atoms with Gasteiger partial charge in [0.2, 0.25) is 12.7 Å². The summed E-state index contributed by atoms with van der Waals surface area (Å²) >= 11 is 0. The van der Waals surface area contributed by atoms with E-state index in [1.165, 1.54) is 6.07 Å². The topological polar surface area (TPSA) is 120 Å². The van der Waals surface area contributed by atoms with Crippen molar-refractivity contribution in [3.8, 4) is 11.5 Å². The molecular formula is C15H10N6O4. The molecule has 1 aliphatic rings. The molecule has 25 heavy (non-hydrogen) atoms. The Hall–Kier alpha value is -3.82. The first kappa shape index (κ1) is 13.6. The Bertz CT molecular complexity index is 1150. The number of ether oxygens (including phenoxy) is 2. The van der Waals surface area contributed by atoms with Crippen LogP contribution in [0.15, 0.2) is 36.4 Å². The molecular weight excluding hydrogens is 328 g/mol. The molecule has 3 heterocycles. The second-order valence-electron chi connectivity index (χ2n) is 5.41. The molecule has 0 spiro atoms. The summed E-state index contributed by atoms with van der Waals surface area (Å²) in [4.78, 5) is 19.4. The fraction of sp³-hybridized carbons (Fsp3) is 0.0667. The van der Waals surface area contributed by atoms with Crippen LogP contribution in [-0.2, 0) is 0 Å². The van der Waals surface area contributed by atoms with E-state index in [2.05, 4.69) is 20.4 Å². The lowest BCUT2D eigenvalue weighted by Crippen LogP contribution is -1.98. The maximum Gasteiger partial charge on any atom is 0.292 e. The highest BCUT2D eigenvalue weighted by Crippen LogP contribution is 2.36. The Kier molecular flexibility index (Phi) is 2.63. The van der Waals surface area contributed by atoms with Gasteiger partial charge < -0.3 is 14.8 Å². The summed E-state index contributed by atoms with van der Waals surface area (Å²) in [6.45, 7) is 0.184. The zero-order valence-corrected chi connectivity index (χ0v) is 12.6. The van der Waals surface area contributed by atoms with E-state index in [9.17, 15) is 10.1 Å². The van der Waals surface area contributed by atoms with Gasteiger partial charge in [-0.3, -0.25) is 15.2 Å². The zero-order valence-electron chi connectivity index (χ0n) is 12.6. The van der Waals surface area contributed by atoms with Crippen LogP contribution in [0.4, 0.5) is 17.3 Å². The van der Waals surface area contributed by atoms with E-state index in [1.807, 2.05) is 6.07 Å². The molecule has 0 fully saturated rings. The molecule has 2 aromatic heterocycles. The number of anilines is 2. The van der Waals surface area contributed by atoms with Crippen LogP contribution < -0.4 is 14.8 Å². The van der Waals surface area contributed by atoms with Gasteiger partial charge in [0.05, 0.1) is 16.0 Å². The fourth-order valence-corrected chi connectivity index (χ4v) is 2.79. The van der Waals surface area contributed by atoms with Crippen LogP contribution in [0.3, 0.4) is 0 Å². The van der Waals surface area contributed by atoms with Gasteiger partial charge in [0, 0.05) is 18.2 Å². The number of aromatic amines is 1. The number of imidazole rings is 1. The Morgan fingerprint density at radius 3 is 2.84 bits per heavy atom. The number of hydrogen-bond acceptors (Lipinski definition) is 7. The van der Waals surface area contributed by atoms with Gasteiger partial charge in [0.15, 0.2) is 11.5 Å². The number of hydrogen-bond donors (Lipinski definition) is 2. The van der Waals surface area contributed by atoms with Gasteiger partial charge >= 0.3 is 0 Å². The van der Waals surface area contributed by atoms with Crippen LogP contribution in [0.25, 0.3) is 16.8 Å². The highest BCUT2D eigenvalue weighted by atomic mass is 16.7. The van der Waals surface area contributed by atoms with Crippen molar-refractivity contribution in [1.29, 1.82) is 0 Å². The minimum atomic E-state index is -0.452. The Labute approximate surface area is 139 Å². The van der Waals surface area contributed by atoms with Crippen LogP contribution in [0.2, 0.25) is 0 Å². The number of nitro groups is 1. The molecule has 2 aromatic carbocycles. The smallest absolute Gasteiger partial charge is 0.292 e. The first-order chi connectivity index (χ1) is 12.2. The summed E-state index contributed by atoms with van der Waals surface area (Å²) in [7, 11) is 0. The minimum Gasteiger partial charge on any atom is -0.454 e. The molecule has 5 rings (SSSR count). The van der Waals surface area contributed by atoms with Crippen molar-refractivity contribution in [2.24, 2.45) is 0 Å². The number of nitrogens with zero attached hydrogens (tertiary/aromatic N) is 4. The molecule has 0 unspecified atom stereocenters. The zero-order chi connectivity index (χ0) is 17.0. The molecule has 4 aromatic rings. The fourth-order valence-electron chi connectivity index (χ4n) is 2.79. The average molecular weight is 338 g/mol. The molecule has 0 saturated carbocycles. The highest BCUT2D eigenvalue weighted by molar-refractivity contribution is 5.83. The molecule has 0 atom stereocenters. The van der Waals surface area contributed by atoms with Crippen LogP contribution in [0.1, 0.15) is 0 Å². The number of nitro benzene ring substituents is 1. The molecule has 0 saturated heterocycles. The van der Waals surface area contributed by atoms with E-state index in [0.29, 0.717) is 34.4 Å². The lowest BCUT2D eigenvalue weighted by atomic mass is 10.3. The molecule has 0 aliphatic carbocycles. The predicted molar refractivity (Wildman–Crippen MR) is 87.3 cm³/mol. The van der Waals surface area contributed by atoms with E-state index in [-0.39, 0.29) is 12.5 Å². The summed E-state index contributed by atoms with van der Waals surface area (Å²) in [5.41, 5.74) is 1.78. The average Bonchev–Trinajstić information content (AvgIpc) is 3.27. The predicted octanol–water partition coefficient (Wildman–Crippen LogP) is 2.59. The molecule has 124 valence electrons. The van der Waals surface area contributed by atoms with E-state index in [1.54, 1.807) is 28.8 Å². The van der Waals surface area contributed by atoms with Gasteiger partial charge in [-0.15, -0.1) is 0 Å². The second kappa shape index (κ2) is 4.84. The number of fused-ring (bicyclic) bond motifs is 4. The lowest BCUT2D eigenvalue weighted by molar-refractivity contribution is -0.383. The van der Waals surface area contributed by atoms with Gasteiger partial charge in [-0.25, -0.2) is 9.50 Å². The van der Waals surface area contributed by atoms with Crippen LogP contribution >= 0.6 is 0 Å². The van der Waals surface area contributed by atoms with Crippen LogP contribution in [-0.4, -0.2) is 31.3 Å². The number of rotatable bonds is 3. The number of nitrogens with one attached hydrogen (secondary N) is 2. The Morgan fingerprint density at radius 2 is 2.00 bits per heavy atom. The largest absolute Gasteiger partial charge is 0.454 e. The van der Waals surface area contributed by atoms with Crippen molar-refractivity contribution in [2.45, 2.75) is 0 Å². The van der Waals surface area contributed by atoms with Gasteiger partial charge in [-0.05, 0) is 6.07 Å². The first-order valence-electron chi connectivity index (χ1n) is 7.37. The molecule has 1 aliphatic heterocycles. The van der Waals surface area contributed by atoms with E-state index in [0.717, 1.165) is 5.52 Å². The molecule has 2 N–H and O–H groups in total. The third-order valence-electron chi connectivity index (χ3n) is 3.91. The second-order valence-corrected chi connectivity index (χ2v) is 5.41. The highest BCUT2D eigenvalue weighted by Gasteiger charge is 2.19. The third kappa shape index (κ3) is 2.04. The normalized spacial score (nSPS) is 12.8. The summed E-state index contributed by atoms with van der Waals surface area (Å²) in [6, 6.07) is 9.94. The molecule has 10 heteroatoms. The van der Waals surface area contributed by atoms with Gasteiger partial charge in [0.1, 0.15) is 5.69 Å². The molecule has 0 bridgehead atoms. The number of benzene rings is 2. The summed E-state index contributed by atoms with van der Waals surface area (Å²) < 4.78 is 12.4. The quantitative estimate of drug-likeness (QED) is 0.435. The van der Waals surface area contributed by atoms with Crippen molar-refractivity contribution >= 4 is 34.1 Å².